The smallest absolute Gasteiger partial charge is 0.140 e. The first-order valence-electron chi connectivity index (χ1n) is 4.88. The summed E-state index contributed by atoms with van der Waals surface area (Å²) in [5.74, 6) is 0.318. The fourth-order valence-corrected chi connectivity index (χ4v) is 2.19. The molecule has 0 bridgehead atoms. The molecule has 0 amide bonds. The largest absolute Gasteiger partial charge is 0.299 e. The molecule has 1 nitrogen and oxygen atoms in total. The van der Waals surface area contributed by atoms with Crippen LogP contribution in [0, 0.1) is 6.42 Å². The number of halogens is 1. The third-order valence-corrected chi connectivity index (χ3v) is 3.02. The highest BCUT2D eigenvalue weighted by atomic mass is 35.5. The first-order chi connectivity index (χ1) is 6.79. The van der Waals surface area contributed by atoms with E-state index in [1.807, 2.05) is 24.3 Å². The van der Waals surface area contributed by atoms with Crippen molar-refractivity contribution < 1.29 is 4.79 Å². The molecule has 1 aromatic rings. The molecule has 1 aliphatic rings. The molecule has 2 heteroatoms. The summed E-state index contributed by atoms with van der Waals surface area (Å²) in [6, 6.07) is 7.64. The maximum Gasteiger partial charge on any atom is 0.140 e. The highest BCUT2D eigenvalue weighted by Gasteiger charge is 2.25. The lowest BCUT2D eigenvalue weighted by atomic mass is 9.83. The van der Waals surface area contributed by atoms with Crippen LogP contribution in [-0.2, 0) is 4.79 Å². The number of rotatable bonds is 1. The Morgan fingerprint density at radius 2 is 2.07 bits per heavy atom. The quantitative estimate of drug-likeness (QED) is 0.690. The summed E-state index contributed by atoms with van der Waals surface area (Å²) in [7, 11) is 0. The average Bonchev–Trinajstić information content (AvgIpc) is 2.20. The van der Waals surface area contributed by atoms with Gasteiger partial charge in [0.1, 0.15) is 5.78 Å². The van der Waals surface area contributed by atoms with Crippen molar-refractivity contribution in [2.45, 2.75) is 25.2 Å². The molecule has 0 N–H and O–H groups in total. The van der Waals surface area contributed by atoms with Crippen molar-refractivity contribution >= 4 is 17.4 Å². The molecule has 0 spiro atoms. The number of carbonyl (C=O) groups is 1. The number of benzene rings is 1. The Bertz CT molecular complexity index is 346. The third-order valence-electron chi connectivity index (χ3n) is 2.67. The van der Waals surface area contributed by atoms with Gasteiger partial charge >= 0.3 is 0 Å². The van der Waals surface area contributed by atoms with E-state index in [0.29, 0.717) is 17.2 Å². The number of carbonyl (C=O) groups excluding carboxylic acids is 1. The summed E-state index contributed by atoms with van der Waals surface area (Å²) in [4.78, 5) is 11.7. The average molecular weight is 208 g/mol. The zero-order valence-corrected chi connectivity index (χ0v) is 8.63. The van der Waals surface area contributed by atoms with Crippen LogP contribution in [0.4, 0.5) is 0 Å². The standard InChI is InChI=1S/C12H12ClO/c13-11-7-3-1-5-9(11)10-6-2-4-8-12(10)14/h1,3-5,7,10H,2,6,8H2. The number of hydrogen-bond donors (Lipinski definition) is 0. The van der Waals surface area contributed by atoms with Crippen LogP contribution < -0.4 is 0 Å². The van der Waals surface area contributed by atoms with E-state index in [9.17, 15) is 4.79 Å². The van der Waals surface area contributed by atoms with Crippen LogP contribution in [0.2, 0.25) is 5.02 Å². The monoisotopic (exact) mass is 207 g/mol. The van der Waals surface area contributed by atoms with Gasteiger partial charge in [-0.2, -0.15) is 0 Å². The van der Waals surface area contributed by atoms with Gasteiger partial charge in [-0.25, -0.2) is 0 Å². The fraction of sp³-hybridized carbons (Fsp3) is 0.333. The fourth-order valence-electron chi connectivity index (χ4n) is 1.92. The van der Waals surface area contributed by atoms with Crippen molar-refractivity contribution in [1.82, 2.24) is 0 Å². The Labute approximate surface area is 89.1 Å². The van der Waals surface area contributed by atoms with Gasteiger partial charge < -0.3 is 0 Å². The zero-order valence-electron chi connectivity index (χ0n) is 7.87. The van der Waals surface area contributed by atoms with Crippen LogP contribution in [0.5, 0.6) is 0 Å². The van der Waals surface area contributed by atoms with Gasteiger partial charge in [0.2, 0.25) is 0 Å². The first-order valence-corrected chi connectivity index (χ1v) is 5.25. The molecule has 73 valence electrons. The van der Waals surface area contributed by atoms with Gasteiger partial charge in [0, 0.05) is 17.4 Å². The molecule has 2 rings (SSSR count). The van der Waals surface area contributed by atoms with E-state index in [2.05, 4.69) is 6.42 Å². The molecule has 14 heavy (non-hydrogen) atoms. The van der Waals surface area contributed by atoms with E-state index in [1.165, 1.54) is 0 Å². The lowest BCUT2D eigenvalue weighted by molar-refractivity contribution is -0.120. The van der Waals surface area contributed by atoms with Crippen LogP contribution in [0.15, 0.2) is 24.3 Å². The minimum absolute atomic E-state index is 0.0219. The second-order valence-electron chi connectivity index (χ2n) is 3.61. The highest BCUT2D eigenvalue weighted by Crippen LogP contribution is 2.33. The van der Waals surface area contributed by atoms with E-state index in [4.69, 9.17) is 11.6 Å². The van der Waals surface area contributed by atoms with E-state index in [-0.39, 0.29) is 5.92 Å². The summed E-state index contributed by atoms with van der Waals surface area (Å²) < 4.78 is 0. The molecule has 1 unspecified atom stereocenters. The van der Waals surface area contributed by atoms with Crippen molar-refractivity contribution in [1.29, 1.82) is 0 Å². The van der Waals surface area contributed by atoms with Crippen LogP contribution in [0.1, 0.15) is 30.7 Å². The summed E-state index contributed by atoms with van der Waals surface area (Å²) in [6.07, 6.45) is 4.57. The molecule has 0 heterocycles. The number of Topliss-reactive ketones (excluding diaryl/α,β-unsaturated/α-hetero) is 1. The Hall–Kier alpha value is -0.820. The van der Waals surface area contributed by atoms with Gasteiger partial charge in [0.05, 0.1) is 0 Å². The maximum atomic E-state index is 11.7. The van der Waals surface area contributed by atoms with E-state index < -0.39 is 0 Å². The van der Waals surface area contributed by atoms with Crippen molar-refractivity contribution in [3.63, 3.8) is 0 Å². The Morgan fingerprint density at radius 1 is 1.29 bits per heavy atom. The molecular weight excluding hydrogens is 196 g/mol. The minimum Gasteiger partial charge on any atom is -0.299 e. The van der Waals surface area contributed by atoms with Gasteiger partial charge in [-0.15, -0.1) is 0 Å². The van der Waals surface area contributed by atoms with Gasteiger partial charge in [0.15, 0.2) is 0 Å². The molecular formula is C12H12ClO. The van der Waals surface area contributed by atoms with E-state index in [0.717, 1.165) is 18.4 Å². The Kier molecular flexibility index (Phi) is 2.87. The van der Waals surface area contributed by atoms with Crippen molar-refractivity contribution in [3.05, 3.63) is 41.3 Å². The molecule has 1 atom stereocenters. The normalized spacial score (nSPS) is 22.4. The molecule has 0 aliphatic heterocycles. The third kappa shape index (κ3) is 1.83. The lowest BCUT2D eigenvalue weighted by Crippen LogP contribution is -2.17. The number of hydrogen-bond acceptors (Lipinski definition) is 1. The summed E-state index contributed by atoms with van der Waals surface area (Å²) in [6.45, 7) is 0. The SMILES string of the molecule is O=C1C[CH]CCC1c1ccccc1Cl. The van der Waals surface area contributed by atoms with Crippen molar-refractivity contribution in [2.75, 3.05) is 0 Å². The summed E-state index contributed by atoms with van der Waals surface area (Å²) in [5.41, 5.74) is 0.993. The van der Waals surface area contributed by atoms with Crippen LogP contribution in [0.3, 0.4) is 0 Å². The maximum absolute atomic E-state index is 11.7. The van der Waals surface area contributed by atoms with Crippen molar-refractivity contribution in [3.8, 4) is 0 Å². The Morgan fingerprint density at radius 3 is 2.79 bits per heavy atom. The molecule has 1 radical (unpaired) electrons. The number of ketones is 1. The first kappa shape index (κ1) is 9.72. The highest BCUT2D eigenvalue weighted by molar-refractivity contribution is 6.31. The molecule has 1 aromatic carbocycles. The van der Waals surface area contributed by atoms with Gasteiger partial charge in [-0.1, -0.05) is 29.8 Å². The van der Waals surface area contributed by atoms with E-state index in [1.54, 1.807) is 0 Å². The lowest BCUT2D eigenvalue weighted by Gasteiger charge is -2.21. The van der Waals surface area contributed by atoms with Crippen molar-refractivity contribution in [2.24, 2.45) is 0 Å². The van der Waals surface area contributed by atoms with Gasteiger partial charge in [-0.3, -0.25) is 4.79 Å². The predicted octanol–water partition coefficient (Wildman–Crippen LogP) is 3.38. The van der Waals surface area contributed by atoms with Gasteiger partial charge in [-0.05, 0) is 30.9 Å². The predicted molar refractivity (Wildman–Crippen MR) is 57.4 cm³/mol. The molecule has 1 fully saturated rings. The van der Waals surface area contributed by atoms with Crippen LogP contribution in [0.25, 0.3) is 0 Å². The molecule has 0 aromatic heterocycles. The zero-order chi connectivity index (χ0) is 9.97. The van der Waals surface area contributed by atoms with Gasteiger partial charge in [0.25, 0.3) is 0 Å². The second kappa shape index (κ2) is 4.14. The van der Waals surface area contributed by atoms with Crippen LogP contribution >= 0.6 is 11.6 Å². The Balaban J connectivity index is 2.29. The second-order valence-corrected chi connectivity index (χ2v) is 4.02. The minimum atomic E-state index is 0.0219. The summed E-state index contributed by atoms with van der Waals surface area (Å²) >= 11 is 6.06. The molecule has 1 aliphatic carbocycles. The summed E-state index contributed by atoms with van der Waals surface area (Å²) in [5, 5.41) is 0.716. The van der Waals surface area contributed by atoms with E-state index >= 15 is 0 Å². The topological polar surface area (TPSA) is 17.1 Å². The van der Waals surface area contributed by atoms with Crippen LogP contribution in [-0.4, -0.2) is 5.78 Å². The molecule has 0 saturated heterocycles. The molecule has 1 saturated carbocycles.